The van der Waals surface area contributed by atoms with Gasteiger partial charge in [0.2, 0.25) is 5.95 Å². The van der Waals surface area contributed by atoms with Crippen LogP contribution in [0.5, 0.6) is 6.01 Å². The van der Waals surface area contributed by atoms with E-state index in [1.807, 2.05) is 0 Å². The van der Waals surface area contributed by atoms with Crippen LogP contribution in [-0.4, -0.2) is 36.2 Å². The largest absolute Gasteiger partial charge is 0.467 e. The first-order chi connectivity index (χ1) is 9.98. The predicted molar refractivity (Wildman–Crippen MR) is 79.5 cm³/mol. The summed E-state index contributed by atoms with van der Waals surface area (Å²) in [5.41, 5.74) is 5.51. The zero-order chi connectivity index (χ0) is 15.3. The van der Waals surface area contributed by atoms with Gasteiger partial charge in [0.1, 0.15) is 5.75 Å². The summed E-state index contributed by atoms with van der Waals surface area (Å²) in [6, 6.07) is 0.0416. The predicted octanol–water partition coefficient (Wildman–Crippen LogP) is 1.35. The lowest BCUT2D eigenvalue weighted by Crippen LogP contribution is -2.17. The van der Waals surface area contributed by atoms with Gasteiger partial charge in [-0.25, -0.2) is 8.42 Å². The minimum absolute atomic E-state index is 0.0284. The molecule has 0 bridgehead atoms. The summed E-state index contributed by atoms with van der Waals surface area (Å²) in [5, 5.41) is 0. The van der Waals surface area contributed by atoms with E-state index in [0.717, 1.165) is 19.3 Å². The Bertz CT molecular complexity index is 571. The Kier molecular flexibility index (Phi) is 5.33. The molecule has 0 amide bonds. The molecule has 21 heavy (non-hydrogen) atoms. The quantitative estimate of drug-likeness (QED) is 0.844. The van der Waals surface area contributed by atoms with Crippen LogP contribution < -0.4 is 10.5 Å². The van der Waals surface area contributed by atoms with Crippen molar-refractivity contribution in [2.75, 3.05) is 18.6 Å². The van der Waals surface area contributed by atoms with Gasteiger partial charge < -0.3 is 10.5 Å². The van der Waals surface area contributed by atoms with Crippen molar-refractivity contribution in [3.8, 4) is 6.01 Å². The second-order valence-corrected chi connectivity index (χ2v) is 7.67. The molecule has 118 valence electrons. The van der Waals surface area contributed by atoms with Crippen molar-refractivity contribution in [1.29, 1.82) is 0 Å². The Balaban J connectivity index is 1.95. The molecule has 1 aliphatic rings. The number of hydrogen-bond donors (Lipinski definition) is 1. The molecule has 0 saturated heterocycles. The fourth-order valence-corrected chi connectivity index (χ4v) is 4.02. The highest BCUT2D eigenvalue weighted by Gasteiger charge is 2.20. The van der Waals surface area contributed by atoms with Crippen LogP contribution >= 0.6 is 0 Å². The third-order valence-electron chi connectivity index (χ3n) is 3.77. The molecule has 2 rings (SSSR count). The van der Waals surface area contributed by atoms with Gasteiger partial charge in [0.05, 0.1) is 12.9 Å². The molecule has 2 N–H and O–H groups in total. The number of ether oxygens (including phenoxy) is 1. The Morgan fingerprint density at radius 3 is 2.57 bits per heavy atom. The summed E-state index contributed by atoms with van der Waals surface area (Å²) in [7, 11) is -1.84. The molecule has 1 aliphatic carbocycles. The van der Waals surface area contributed by atoms with Crippen LogP contribution in [0.3, 0.4) is 0 Å². The normalized spacial score (nSPS) is 16.8. The lowest BCUT2D eigenvalue weighted by atomic mass is 9.88. The van der Waals surface area contributed by atoms with Gasteiger partial charge in [-0.05, 0) is 12.3 Å². The molecule has 1 saturated carbocycles. The lowest BCUT2D eigenvalue weighted by Gasteiger charge is -2.21. The highest BCUT2D eigenvalue weighted by molar-refractivity contribution is 7.90. The molecule has 1 fully saturated rings. The van der Waals surface area contributed by atoms with Gasteiger partial charge in [-0.15, -0.1) is 0 Å². The van der Waals surface area contributed by atoms with E-state index in [1.54, 1.807) is 0 Å². The number of aromatic nitrogens is 3. The van der Waals surface area contributed by atoms with E-state index in [0.29, 0.717) is 5.92 Å². The van der Waals surface area contributed by atoms with Crippen molar-refractivity contribution in [2.24, 2.45) is 5.92 Å². The monoisotopic (exact) mass is 314 g/mol. The van der Waals surface area contributed by atoms with Crippen LogP contribution in [0, 0.1) is 5.92 Å². The summed E-state index contributed by atoms with van der Waals surface area (Å²) in [5.74, 6) is 0.600. The van der Waals surface area contributed by atoms with Crippen LogP contribution in [0.25, 0.3) is 0 Å². The van der Waals surface area contributed by atoms with Crippen LogP contribution in [0.15, 0.2) is 0 Å². The molecule has 0 aliphatic heterocycles. The number of rotatable bonds is 6. The minimum Gasteiger partial charge on any atom is -0.467 e. The van der Waals surface area contributed by atoms with Crippen molar-refractivity contribution >= 4 is 15.8 Å². The second-order valence-electron chi connectivity index (χ2n) is 5.48. The van der Waals surface area contributed by atoms with E-state index in [2.05, 4.69) is 15.0 Å². The molecule has 0 unspecified atom stereocenters. The number of nitrogens with two attached hydrogens (primary N) is 1. The average Bonchev–Trinajstić information content (AvgIpc) is 2.45. The van der Waals surface area contributed by atoms with Crippen molar-refractivity contribution in [1.82, 2.24) is 15.0 Å². The van der Waals surface area contributed by atoms with Gasteiger partial charge in [-0.3, -0.25) is 0 Å². The topological polar surface area (TPSA) is 108 Å². The highest BCUT2D eigenvalue weighted by atomic mass is 32.2. The maximum absolute atomic E-state index is 12.2. The van der Waals surface area contributed by atoms with E-state index < -0.39 is 9.84 Å². The molecule has 0 radical (unpaired) electrons. The van der Waals surface area contributed by atoms with Crippen LogP contribution in [0.1, 0.15) is 44.3 Å². The van der Waals surface area contributed by atoms with E-state index in [4.69, 9.17) is 10.5 Å². The molecule has 1 aromatic rings. The smallest absolute Gasteiger partial charge is 0.321 e. The molecule has 0 spiro atoms. The Hall–Kier alpha value is -1.44. The SMILES string of the molecule is COc1nc(N)nc(CS(=O)(=O)CCC2CCCCC2)n1. The minimum atomic E-state index is -3.24. The van der Waals surface area contributed by atoms with Crippen molar-refractivity contribution < 1.29 is 13.2 Å². The number of methoxy groups -OCH3 is 1. The number of sulfone groups is 1. The van der Waals surface area contributed by atoms with E-state index in [1.165, 1.54) is 26.4 Å². The van der Waals surface area contributed by atoms with Crippen LogP contribution in [-0.2, 0) is 15.6 Å². The number of nitrogens with zero attached hydrogens (tertiary/aromatic N) is 3. The molecular formula is C13H22N4O3S. The molecule has 7 nitrogen and oxygen atoms in total. The Morgan fingerprint density at radius 2 is 1.90 bits per heavy atom. The van der Waals surface area contributed by atoms with E-state index in [9.17, 15) is 8.42 Å². The summed E-state index contributed by atoms with van der Waals surface area (Å²) >= 11 is 0. The maximum Gasteiger partial charge on any atom is 0.321 e. The molecule has 1 aromatic heterocycles. The lowest BCUT2D eigenvalue weighted by molar-refractivity contribution is 0.350. The van der Waals surface area contributed by atoms with E-state index in [-0.39, 0.29) is 29.3 Å². The van der Waals surface area contributed by atoms with Gasteiger partial charge in [0, 0.05) is 0 Å². The molecule has 1 heterocycles. The summed E-state index contributed by atoms with van der Waals surface area (Å²) in [4.78, 5) is 11.5. The van der Waals surface area contributed by atoms with Gasteiger partial charge in [0.25, 0.3) is 0 Å². The van der Waals surface area contributed by atoms with Crippen LogP contribution in [0.2, 0.25) is 0 Å². The van der Waals surface area contributed by atoms with Gasteiger partial charge >= 0.3 is 6.01 Å². The first-order valence-corrected chi connectivity index (χ1v) is 9.05. The zero-order valence-corrected chi connectivity index (χ0v) is 13.1. The van der Waals surface area contributed by atoms with Gasteiger partial charge in [-0.2, -0.15) is 15.0 Å². The van der Waals surface area contributed by atoms with Crippen molar-refractivity contribution in [3.63, 3.8) is 0 Å². The first kappa shape index (κ1) is 15.9. The molecule has 0 atom stereocenters. The Labute approximate surface area is 125 Å². The summed E-state index contributed by atoms with van der Waals surface area (Å²) in [6.45, 7) is 0. The fraction of sp³-hybridized carbons (Fsp3) is 0.769. The standard InChI is InChI=1S/C13H22N4O3S/c1-20-13-16-11(15-12(14)17-13)9-21(18,19)8-7-10-5-3-2-4-6-10/h10H,2-9H2,1H3,(H2,14,15,16,17). The first-order valence-electron chi connectivity index (χ1n) is 7.23. The van der Waals surface area contributed by atoms with Gasteiger partial charge in [0.15, 0.2) is 15.7 Å². The number of hydrogen-bond acceptors (Lipinski definition) is 7. The zero-order valence-electron chi connectivity index (χ0n) is 12.3. The third-order valence-corrected chi connectivity index (χ3v) is 5.33. The van der Waals surface area contributed by atoms with Gasteiger partial charge in [-0.1, -0.05) is 32.1 Å². The van der Waals surface area contributed by atoms with Crippen molar-refractivity contribution in [3.05, 3.63) is 5.82 Å². The van der Waals surface area contributed by atoms with E-state index >= 15 is 0 Å². The highest BCUT2D eigenvalue weighted by Crippen LogP contribution is 2.26. The van der Waals surface area contributed by atoms with Crippen molar-refractivity contribution in [2.45, 2.75) is 44.3 Å². The summed E-state index contributed by atoms with van der Waals surface area (Å²) < 4.78 is 29.2. The molecule has 8 heteroatoms. The average molecular weight is 314 g/mol. The fourth-order valence-electron chi connectivity index (χ4n) is 2.66. The Morgan fingerprint density at radius 1 is 1.19 bits per heavy atom. The summed E-state index contributed by atoms with van der Waals surface area (Å²) in [6.07, 6.45) is 6.70. The van der Waals surface area contributed by atoms with Crippen LogP contribution in [0.4, 0.5) is 5.95 Å². The molecule has 0 aromatic carbocycles. The number of nitrogen functional groups attached to an aromatic ring is 1. The maximum atomic E-state index is 12.2. The number of anilines is 1. The second kappa shape index (κ2) is 7.02. The molecular weight excluding hydrogens is 292 g/mol. The third kappa shape index (κ3) is 5.11.